The van der Waals surface area contributed by atoms with E-state index in [1.807, 2.05) is 12.1 Å². The normalized spacial score (nSPS) is 11.0. The Balaban J connectivity index is 1.93. The number of carbonyl (C=O) groups is 1. The molecule has 0 aliphatic heterocycles. The molecule has 0 spiro atoms. The summed E-state index contributed by atoms with van der Waals surface area (Å²) < 4.78 is 15.7. The molecule has 0 aliphatic carbocycles. The molecule has 9 heteroatoms. The quantitative estimate of drug-likeness (QED) is 0.204. The van der Waals surface area contributed by atoms with Gasteiger partial charge >= 0.3 is 5.97 Å². The largest absolute Gasteiger partial charge is 0.491 e. The minimum atomic E-state index is -0.477. The number of thiocarbonyl (C=S) groups is 1. The number of nitrogens with two attached hydrogens (primary N) is 1. The molecule has 0 unspecified atom stereocenters. The third kappa shape index (κ3) is 8.31. The van der Waals surface area contributed by atoms with Gasteiger partial charge in [0, 0.05) is 25.8 Å². The highest BCUT2D eigenvalue weighted by Gasteiger charge is 2.16. The molecule has 0 heterocycles. The smallest absolute Gasteiger partial charge is 0.351 e. The monoisotopic (exact) mass is 477 g/mol. The van der Waals surface area contributed by atoms with Gasteiger partial charge in [-0.05, 0) is 47.0 Å². The Hall–Kier alpha value is -2.33. The van der Waals surface area contributed by atoms with E-state index in [4.69, 9.17) is 31.0 Å². The van der Waals surface area contributed by atoms with Gasteiger partial charge in [-0.15, -0.1) is 0 Å². The van der Waals surface area contributed by atoms with E-state index >= 15 is 0 Å². The lowest BCUT2D eigenvalue weighted by atomic mass is 9.86. The molecule has 0 amide bonds. The fraction of sp³-hybridized carbons (Fsp3) is 0.391. The number of methoxy groups -OCH3 is 1. The van der Waals surface area contributed by atoms with E-state index in [2.05, 4.69) is 49.6 Å². The van der Waals surface area contributed by atoms with Gasteiger partial charge in [0.1, 0.15) is 24.6 Å². The van der Waals surface area contributed by atoms with Gasteiger partial charge in [-0.25, -0.2) is 9.93 Å². The first kappa shape index (κ1) is 25.9. The molecule has 32 heavy (non-hydrogen) atoms. The van der Waals surface area contributed by atoms with Gasteiger partial charge in [0.05, 0.1) is 12.2 Å². The summed E-state index contributed by atoms with van der Waals surface area (Å²) in [6.45, 7) is 8.56. The fourth-order valence-corrected chi connectivity index (χ4v) is 3.14. The molecular formula is C23H31N3O4S2. The zero-order valence-electron chi connectivity index (χ0n) is 18.9. The highest BCUT2D eigenvalue weighted by Crippen LogP contribution is 2.28. The Morgan fingerprint density at radius 1 is 1.06 bits per heavy atom. The van der Waals surface area contributed by atoms with Crippen LogP contribution in [0.25, 0.3) is 0 Å². The summed E-state index contributed by atoms with van der Waals surface area (Å²) >= 11 is 5.95. The summed E-state index contributed by atoms with van der Waals surface area (Å²) in [6.07, 6.45) is 0. The molecule has 0 atom stereocenters. The van der Waals surface area contributed by atoms with Gasteiger partial charge in [-0.1, -0.05) is 45.0 Å². The molecule has 2 aromatic carbocycles. The van der Waals surface area contributed by atoms with E-state index < -0.39 is 5.97 Å². The fourth-order valence-electron chi connectivity index (χ4n) is 2.81. The molecule has 7 nitrogen and oxygen atoms in total. The van der Waals surface area contributed by atoms with Crippen LogP contribution in [0.2, 0.25) is 0 Å². The maximum atomic E-state index is 11.6. The number of hydrogen-bond acceptors (Lipinski definition) is 7. The molecule has 0 saturated carbocycles. The summed E-state index contributed by atoms with van der Waals surface area (Å²) in [7, 11) is 1.65. The van der Waals surface area contributed by atoms with E-state index in [1.54, 1.807) is 19.2 Å². The van der Waals surface area contributed by atoms with E-state index in [0.29, 0.717) is 49.2 Å². The zero-order valence-corrected chi connectivity index (χ0v) is 20.5. The van der Waals surface area contributed by atoms with Crippen LogP contribution >= 0.6 is 24.4 Å². The predicted octanol–water partition coefficient (Wildman–Crippen LogP) is 3.85. The Labute approximate surface area is 199 Å². The Morgan fingerprint density at radius 3 is 2.38 bits per heavy atom. The molecule has 0 aromatic heterocycles. The lowest BCUT2D eigenvalue weighted by Crippen LogP contribution is -2.34. The standard InChI is InChI=1S/C23H31N3O4S2/c1-23(2,3)19-10-9-18(20(13-19)29-12-11-28-4)15-26-22(31)25-14-16-5-7-17(8-6-16)21(27)30-32-24/h5-10,13H,11-12,14-15,24H2,1-4H3,(H2,25,26,31). The summed E-state index contributed by atoms with van der Waals surface area (Å²) in [6, 6.07) is 13.3. The van der Waals surface area contributed by atoms with Crippen molar-refractivity contribution in [2.75, 3.05) is 20.3 Å². The van der Waals surface area contributed by atoms with Crippen LogP contribution in [0.1, 0.15) is 47.8 Å². The molecule has 0 bridgehead atoms. The first-order valence-corrected chi connectivity index (χ1v) is 11.4. The molecule has 0 saturated heterocycles. The van der Waals surface area contributed by atoms with Crippen LogP contribution < -0.4 is 20.5 Å². The van der Waals surface area contributed by atoms with E-state index in [9.17, 15) is 4.79 Å². The minimum Gasteiger partial charge on any atom is -0.491 e. The highest BCUT2D eigenvalue weighted by atomic mass is 32.2. The van der Waals surface area contributed by atoms with Gasteiger partial charge in [0.25, 0.3) is 0 Å². The van der Waals surface area contributed by atoms with Gasteiger partial charge < -0.3 is 24.3 Å². The number of rotatable bonds is 10. The maximum Gasteiger partial charge on any atom is 0.351 e. The van der Waals surface area contributed by atoms with Crippen LogP contribution in [0.4, 0.5) is 0 Å². The predicted molar refractivity (Wildman–Crippen MR) is 132 cm³/mol. The topological polar surface area (TPSA) is 94.8 Å². The number of benzene rings is 2. The second kappa shape index (κ2) is 12.6. The van der Waals surface area contributed by atoms with Crippen molar-refractivity contribution in [2.45, 2.75) is 39.3 Å². The maximum absolute atomic E-state index is 11.6. The first-order chi connectivity index (χ1) is 15.2. The van der Waals surface area contributed by atoms with E-state index in [-0.39, 0.29) is 5.41 Å². The summed E-state index contributed by atoms with van der Waals surface area (Å²) in [5, 5.41) is 12.1. The van der Waals surface area contributed by atoms with E-state index in [0.717, 1.165) is 16.9 Å². The molecule has 0 aliphatic rings. The Kier molecular flexibility index (Phi) is 10.2. The van der Waals surface area contributed by atoms with Crippen molar-refractivity contribution in [3.8, 4) is 5.75 Å². The third-order valence-electron chi connectivity index (χ3n) is 4.68. The van der Waals surface area contributed by atoms with Crippen molar-refractivity contribution in [3.05, 3.63) is 64.7 Å². The SMILES string of the molecule is COCCOc1cc(C(C)(C)C)ccc1CNC(=S)NCc1ccc(C(=O)OSN)cc1. The van der Waals surface area contributed by atoms with Crippen LogP contribution in [-0.2, 0) is 27.4 Å². The summed E-state index contributed by atoms with van der Waals surface area (Å²) in [5.74, 6) is 0.345. The number of hydrogen-bond donors (Lipinski definition) is 3. The molecule has 0 fully saturated rings. The van der Waals surface area contributed by atoms with Crippen molar-refractivity contribution in [1.82, 2.24) is 10.6 Å². The number of nitrogens with one attached hydrogen (secondary N) is 2. The molecule has 174 valence electrons. The van der Waals surface area contributed by atoms with Crippen molar-refractivity contribution >= 4 is 35.5 Å². The van der Waals surface area contributed by atoms with Crippen molar-refractivity contribution in [3.63, 3.8) is 0 Å². The summed E-state index contributed by atoms with van der Waals surface area (Å²) in [4.78, 5) is 11.6. The van der Waals surface area contributed by atoms with Crippen LogP contribution in [0.15, 0.2) is 42.5 Å². The number of ether oxygens (including phenoxy) is 2. The van der Waals surface area contributed by atoms with Crippen LogP contribution in [0.5, 0.6) is 5.75 Å². The molecule has 4 N–H and O–H groups in total. The average molecular weight is 478 g/mol. The lowest BCUT2D eigenvalue weighted by Gasteiger charge is -2.22. The first-order valence-electron chi connectivity index (χ1n) is 10.2. The number of carbonyl (C=O) groups excluding carboxylic acids is 1. The van der Waals surface area contributed by atoms with Crippen molar-refractivity contribution < 1.29 is 18.5 Å². The van der Waals surface area contributed by atoms with Crippen molar-refractivity contribution in [1.29, 1.82) is 0 Å². The van der Waals surface area contributed by atoms with Gasteiger partial charge in [0.2, 0.25) is 0 Å². The Bertz CT molecular complexity index is 899. The average Bonchev–Trinajstić information content (AvgIpc) is 2.76. The van der Waals surface area contributed by atoms with Gasteiger partial charge in [-0.2, -0.15) is 0 Å². The molecule has 2 aromatic rings. The minimum absolute atomic E-state index is 0.0254. The van der Waals surface area contributed by atoms with Crippen molar-refractivity contribution in [2.24, 2.45) is 5.14 Å². The second-order valence-electron chi connectivity index (χ2n) is 8.11. The summed E-state index contributed by atoms with van der Waals surface area (Å²) in [5.41, 5.74) is 3.65. The molecule has 0 radical (unpaired) electrons. The Morgan fingerprint density at radius 2 is 1.75 bits per heavy atom. The molecular weight excluding hydrogens is 446 g/mol. The second-order valence-corrected chi connectivity index (χ2v) is 8.88. The van der Waals surface area contributed by atoms with Crippen LogP contribution in [-0.4, -0.2) is 31.4 Å². The van der Waals surface area contributed by atoms with Crippen LogP contribution in [0.3, 0.4) is 0 Å². The highest BCUT2D eigenvalue weighted by molar-refractivity contribution is 7.92. The van der Waals surface area contributed by atoms with Crippen LogP contribution in [0, 0.1) is 0 Å². The lowest BCUT2D eigenvalue weighted by molar-refractivity contribution is 0.0768. The molecule has 2 rings (SSSR count). The third-order valence-corrected chi connectivity index (χ3v) is 5.22. The van der Waals surface area contributed by atoms with Gasteiger partial charge in [0.15, 0.2) is 5.11 Å². The zero-order chi connectivity index (χ0) is 23.6. The van der Waals surface area contributed by atoms with E-state index in [1.165, 1.54) is 5.56 Å². The van der Waals surface area contributed by atoms with Gasteiger partial charge in [-0.3, -0.25) is 0 Å².